The molecule has 2 heterocycles. The maximum absolute atomic E-state index is 13.2. The Morgan fingerprint density at radius 3 is 2.54 bits per heavy atom. The highest BCUT2D eigenvalue weighted by molar-refractivity contribution is 5.97. The number of nitrogens with zero attached hydrogens (tertiary/aromatic N) is 2. The molecule has 1 amide bonds. The minimum absolute atomic E-state index is 0.0374. The van der Waals surface area contributed by atoms with E-state index in [1.54, 1.807) is 31.3 Å². The van der Waals surface area contributed by atoms with Crippen molar-refractivity contribution in [3.8, 4) is 11.5 Å². The number of aromatic nitrogens is 1. The number of benzene rings is 2. The molecule has 0 fully saturated rings. The molecule has 1 aliphatic rings. The van der Waals surface area contributed by atoms with Crippen LogP contribution in [-0.2, 0) is 17.8 Å². The lowest BCUT2D eigenvalue weighted by Crippen LogP contribution is -2.39. The van der Waals surface area contributed by atoms with E-state index in [0.717, 1.165) is 23.1 Å². The second kappa shape index (κ2) is 7.03. The van der Waals surface area contributed by atoms with Gasteiger partial charge < -0.3 is 14.4 Å². The van der Waals surface area contributed by atoms with Gasteiger partial charge in [-0.15, -0.1) is 0 Å². The normalized spacial score (nSPS) is 15.5. The predicted octanol–water partition coefficient (Wildman–Crippen LogP) is 3.00. The summed E-state index contributed by atoms with van der Waals surface area (Å²) in [6.45, 7) is 1.99. The van der Waals surface area contributed by atoms with Crippen molar-refractivity contribution in [3.63, 3.8) is 0 Å². The van der Waals surface area contributed by atoms with E-state index in [-0.39, 0.29) is 24.1 Å². The smallest absolute Gasteiger partial charge is 0.251 e. The lowest BCUT2D eigenvalue weighted by atomic mass is 10.1. The molecular weight excluding hydrogens is 356 g/mol. The van der Waals surface area contributed by atoms with Gasteiger partial charge in [-0.3, -0.25) is 14.2 Å². The van der Waals surface area contributed by atoms with Crippen molar-refractivity contribution in [1.29, 1.82) is 0 Å². The van der Waals surface area contributed by atoms with Crippen molar-refractivity contribution in [2.24, 2.45) is 0 Å². The summed E-state index contributed by atoms with van der Waals surface area (Å²) in [5.74, 6) is 0.983. The highest BCUT2D eigenvalue weighted by atomic mass is 16.5. The minimum atomic E-state index is -0.229. The largest absolute Gasteiger partial charge is 0.493 e. The first-order valence-electron chi connectivity index (χ1n) is 9.19. The van der Waals surface area contributed by atoms with Crippen LogP contribution in [0.3, 0.4) is 0 Å². The van der Waals surface area contributed by atoms with Crippen molar-refractivity contribution in [2.75, 3.05) is 19.1 Å². The highest BCUT2D eigenvalue weighted by Gasteiger charge is 2.30. The van der Waals surface area contributed by atoms with Crippen molar-refractivity contribution < 1.29 is 14.3 Å². The molecule has 0 saturated heterocycles. The Balaban J connectivity index is 1.76. The SMILES string of the molecule is COc1cc2ccc(=O)n(CC(=O)N3c4ccccc4CC3C)c2cc1OC. The Morgan fingerprint density at radius 2 is 1.79 bits per heavy atom. The van der Waals surface area contributed by atoms with E-state index in [4.69, 9.17) is 9.47 Å². The monoisotopic (exact) mass is 378 g/mol. The summed E-state index contributed by atoms with van der Waals surface area (Å²) in [4.78, 5) is 27.5. The summed E-state index contributed by atoms with van der Waals surface area (Å²) in [5.41, 5.74) is 2.49. The number of para-hydroxylation sites is 1. The summed E-state index contributed by atoms with van der Waals surface area (Å²) >= 11 is 0. The van der Waals surface area contributed by atoms with E-state index >= 15 is 0 Å². The fourth-order valence-corrected chi connectivity index (χ4v) is 3.94. The van der Waals surface area contributed by atoms with E-state index in [0.29, 0.717) is 17.0 Å². The minimum Gasteiger partial charge on any atom is -0.493 e. The van der Waals surface area contributed by atoms with Gasteiger partial charge in [0, 0.05) is 29.2 Å². The molecule has 6 heteroatoms. The molecule has 4 rings (SSSR count). The number of hydrogen-bond donors (Lipinski definition) is 0. The van der Waals surface area contributed by atoms with Crippen LogP contribution in [0.4, 0.5) is 5.69 Å². The predicted molar refractivity (Wildman–Crippen MR) is 108 cm³/mol. The van der Waals surface area contributed by atoms with Crippen LogP contribution < -0.4 is 19.9 Å². The van der Waals surface area contributed by atoms with Crippen molar-refractivity contribution in [1.82, 2.24) is 4.57 Å². The molecule has 0 bridgehead atoms. The van der Waals surface area contributed by atoms with Crippen LogP contribution in [0.15, 0.2) is 53.3 Å². The number of fused-ring (bicyclic) bond motifs is 2. The number of methoxy groups -OCH3 is 2. The topological polar surface area (TPSA) is 60.8 Å². The summed E-state index contributed by atoms with van der Waals surface area (Å²) in [6, 6.07) is 14.7. The van der Waals surface area contributed by atoms with Crippen LogP contribution in [0.2, 0.25) is 0 Å². The van der Waals surface area contributed by atoms with Crippen LogP contribution in [0, 0.1) is 0 Å². The standard InChI is InChI=1S/C22H22N2O4/c1-14-10-15-6-4-5-7-17(15)24(14)22(26)13-23-18-12-20(28-3)19(27-2)11-16(18)8-9-21(23)25/h4-9,11-12,14H,10,13H2,1-3H3. The van der Waals surface area contributed by atoms with Gasteiger partial charge in [0.05, 0.1) is 19.7 Å². The van der Waals surface area contributed by atoms with Gasteiger partial charge in [-0.2, -0.15) is 0 Å². The first kappa shape index (κ1) is 18.1. The molecule has 144 valence electrons. The van der Waals surface area contributed by atoms with Crippen LogP contribution in [0.1, 0.15) is 12.5 Å². The zero-order valence-corrected chi connectivity index (χ0v) is 16.1. The molecule has 1 atom stereocenters. The van der Waals surface area contributed by atoms with Gasteiger partial charge in [-0.1, -0.05) is 18.2 Å². The molecule has 3 aromatic rings. The van der Waals surface area contributed by atoms with Gasteiger partial charge >= 0.3 is 0 Å². The van der Waals surface area contributed by atoms with Crippen molar-refractivity contribution >= 4 is 22.5 Å². The van der Waals surface area contributed by atoms with Crippen LogP contribution in [0.25, 0.3) is 10.9 Å². The van der Waals surface area contributed by atoms with Crippen LogP contribution in [-0.4, -0.2) is 30.7 Å². The summed E-state index contributed by atoms with van der Waals surface area (Å²) < 4.78 is 12.2. The molecule has 1 aliphatic heterocycles. The van der Waals surface area contributed by atoms with E-state index in [2.05, 4.69) is 0 Å². The second-order valence-electron chi connectivity index (χ2n) is 6.97. The molecule has 6 nitrogen and oxygen atoms in total. The molecule has 0 aliphatic carbocycles. The van der Waals surface area contributed by atoms with Gasteiger partial charge in [0.25, 0.3) is 5.56 Å². The number of carbonyl (C=O) groups is 1. The first-order valence-corrected chi connectivity index (χ1v) is 9.19. The van der Waals surface area contributed by atoms with Crippen LogP contribution in [0.5, 0.6) is 11.5 Å². The zero-order chi connectivity index (χ0) is 19.8. The Hall–Kier alpha value is -3.28. The van der Waals surface area contributed by atoms with Crippen molar-refractivity contribution in [3.05, 3.63) is 64.4 Å². The Labute approximate surface area is 162 Å². The summed E-state index contributed by atoms with van der Waals surface area (Å²) in [7, 11) is 3.11. The number of amides is 1. The third-order valence-electron chi connectivity index (χ3n) is 5.26. The fourth-order valence-electron chi connectivity index (χ4n) is 3.94. The van der Waals surface area contributed by atoms with Gasteiger partial charge in [-0.05, 0) is 37.1 Å². The number of carbonyl (C=O) groups excluding carboxylic acids is 1. The average Bonchev–Trinajstić information content (AvgIpc) is 3.04. The van der Waals surface area contributed by atoms with Gasteiger partial charge in [-0.25, -0.2) is 0 Å². The number of anilines is 1. The Bertz CT molecular complexity index is 1120. The maximum Gasteiger partial charge on any atom is 0.251 e. The highest BCUT2D eigenvalue weighted by Crippen LogP contribution is 2.33. The Kier molecular flexibility index (Phi) is 4.55. The third-order valence-corrected chi connectivity index (χ3v) is 5.26. The molecular formula is C22H22N2O4. The number of rotatable bonds is 4. The number of ether oxygens (including phenoxy) is 2. The van der Waals surface area contributed by atoms with E-state index < -0.39 is 0 Å². The van der Waals surface area contributed by atoms with Gasteiger partial charge in [0.1, 0.15) is 6.54 Å². The molecule has 1 aromatic heterocycles. The average molecular weight is 378 g/mol. The summed E-state index contributed by atoms with van der Waals surface area (Å²) in [5, 5.41) is 0.805. The molecule has 0 N–H and O–H groups in total. The number of pyridine rings is 1. The number of hydrogen-bond acceptors (Lipinski definition) is 4. The van der Waals surface area contributed by atoms with Crippen molar-refractivity contribution in [2.45, 2.75) is 25.9 Å². The molecule has 0 spiro atoms. The molecule has 2 aromatic carbocycles. The second-order valence-corrected chi connectivity index (χ2v) is 6.97. The van der Waals surface area contributed by atoms with Gasteiger partial charge in [0.15, 0.2) is 11.5 Å². The zero-order valence-electron chi connectivity index (χ0n) is 16.1. The van der Waals surface area contributed by atoms with Gasteiger partial charge in [0.2, 0.25) is 5.91 Å². The Morgan fingerprint density at radius 1 is 1.07 bits per heavy atom. The van der Waals surface area contributed by atoms with E-state index in [1.807, 2.05) is 37.3 Å². The third kappa shape index (κ3) is 2.91. The lowest BCUT2D eigenvalue weighted by molar-refractivity contribution is -0.119. The maximum atomic E-state index is 13.2. The van der Waals surface area contributed by atoms with E-state index in [1.165, 1.54) is 10.6 Å². The molecule has 1 unspecified atom stereocenters. The van der Waals surface area contributed by atoms with Crippen LogP contribution >= 0.6 is 0 Å². The molecule has 28 heavy (non-hydrogen) atoms. The fraction of sp³-hybridized carbons (Fsp3) is 0.273. The molecule has 0 radical (unpaired) electrons. The first-order chi connectivity index (χ1) is 13.5. The quantitative estimate of drug-likeness (QED) is 0.700. The summed E-state index contributed by atoms with van der Waals surface area (Å²) in [6.07, 6.45) is 0.817. The lowest BCUT2D eigenvalue weighted by Gasteiger charge is -2.23. The van der Waals surface area contributed by atoms with E-state index in [9.17, 15) is 9.59 Å². The molecule has 0 saturated carbocycles.